The van der Waals surface area contributed by atoms with E-state index in [1.54, 1.807) is 0 Å². The third-order valence-electron chi connectivity index (χ3n) is 16.2. The number of rotatable bonds is 66. The summed E-state index contributed by atoms with van der Waals surface area (Å²) in [7, 11) is 1.51. The van der Waals surface area contributed by atoms with Gasteiger partial charge in [-0.15, -0.1) is 0 Å². The molecule has 0 aromatic heterocycles. The van der Waals surface area contributed by atoms with Gasteiger partial charge in [-0.25, -0.2) is 4.57 Å². The van der Waals surface area contributed by atoms with Gasteiger partial charge >= 0.3 is 13.8 Å². The van der Waals surface area contributed by atoms with Crippen LogP contribution in [0.4, 0.5) is 0 Å². The van der Waals surface area contributed by atoms with E-state index in [9.17, 15) is 19.0 Å². The molecule has 0 bridgehead atoms. The maximum atomic E-state index is 13.6. The van der Waals surface area contributed by atoms with Crippen molar-refractivity contribution in [3.8, 4) is 0 Å². The summed E-state index contributed by atoms with van der Waals surface area (Å²) in [6, 6.07) is -0.848. The number of nitrogens with zero attached hydrogens (tertiary/aromatic N) is 1. The number of quaternary nitrogens is 1. The van der Waals surface area contributed by atoms with Crippen molar-refractivity contribution in [3.05, 3.63) is 48.6 Å². The van der Waals surface area contributed by atoms with E-state index in [0.717, 1.165) is 64.2 Å². The quantitative estimate of drug-likeness (QED) is 0.0205. The molecule has 0 heterocycles. The molecule has 0 saturated carbocycles. The highest BCUT2D eigenvalue weighted by Gasteiger charge is 2.30. The van der Waals surface area contributed by atoms with E-state index in [1.807, 2.05) is 33.3 Å². The summed E-state index contributed by atoms with van der Waals surface area (Å²) in [6.07, 6.45) is 79.9. The summed E-state index contributed by atoms with van der Waals surface area (Å²) >= 11 is 0. The normalized spacial score (nSPS) is 13.8. The Balaban J connectivity index is 4.95. The Labute approximate surface area is 516 Å². The number of allylic oxidation sites excluding steroid dienone is 7. The maximum absolute atomic E-state index is 13.6. The molecule has 0 aliphatic heterocycles. The molecular formula is C73H140N2O7P+. The van der Waals surface area contributed by atoms with E-state index < -0.39 is 20.0 Å². The van der Waals surface area contributed by atoms with Gasteiger partial charge in [-0.3, -0.25) is 18.6 Å². The first-order chi connectivity index (χ1) is 40.4. The standard InChI is InChI=1S/C73H139N2O7P/c1-7-10-13-16-19-22-25-27-29-31-33-34-35-36-37-38-39-40-42-44-46-48-51-54-57-60-63-66-73(77)82-71(64-61-58-55-52-49-24-21-18-15-12-9-3)70(69-81-83(78,79)80-68-67-75(4,5)6)74-72(76)65-62-59-56-53-50-47-45-43-41-32-30-28-26-23-20-17-14-11-8-2/h19,22,27-30,61,64,70-71H,7-18,20-21,23-26,31-60,62-63,65-69H2,1-6H3,(H-,74,76,78,79)/p+1/b22-19-,29-27-,30-28+,64-61-. The van der Waals surface area contributed by atoms with Crippen LogP contribution in [0.1, 0.15) is 355 Å². The predicted octanol–water partition coefficient (Wildman–Crippen LogP) is 22.8. The highest BCUT2D eigenvalue weighted by Crippen LogP contribution is 2.43. The first-order valence-corrected chi connectivity index (χ1v) is 37.5. The summed E-state index contributed by atoms with van der Waals surface area (Å²) in [5.41, 5.74) is 0. The predicted molar refractivity (Wildman–Crippen MR) is 360 cm³/mol. The first kappa shape index (κ1) is 81.0. The molecule has 1 amide bonds. The Morgan fingerprint density at radius 2 is 0.735 bits per heavy atom. The van der Waals surface area contributed by atoms with Gasteiger partial charge in [0.25, 0.3) is 0 Å². The number of carbonyl (C=O) groups is 2. The number of phosphoric acid groups is 1. The number of carbonyl (C=O) groups excluding carboxylic acids is 2. The topological polar surface area (TPSA) is 111 Å². The first-order valence-electron chi connectivity index (χ1n) is 36.0. The van der Waals surface area contributed by atoms with Crippen LogP contribution in [0.5, 0.6) is 0 Å². The van der Waals surface area contributed by atoms with E-state index in [1.165, 1.54) is 257 Å². The van der Waals surface area contributed by atoms with Crippen LogP contribution in [-0.2, 0) is 27.9 Å². The van der Waals surface area contributed by atoms with Crippen molar-refractivity contribution in [1.29, 1.82) is 0 Å². The van der Waals surface area contributed by atoms with E-state index in [0.29, 0.717) is 23.9 Å². The summed E-state index contributed by atoms with van der Waals surface area (Å²) in [6.45, 7) is 7.03. The van der Waals surface area contributed by atoms with Crippen LogP contribution in [0, 0.1) is 0 Å². The molecule has 0 aliphatic rings. The van der Waals surface area contributed by atoms with Gasteiger partial charge in [0, 0.05) is 12.8 Å². The number of esters is 1. The van der Waals surface area contributed by atoms with Gasteiger partial charge in [0.2, 0.25) is 5.91 Å². The molecule has 0 saturated heterocycles. The molecule has 3 atom stereocenters. The van der Waals surface area contributed by atoms with Crippen LogP contribution in [0.3, 0.4) is 0 Å². The van der Waals surface area contributed by atoms with Crippen molar-refractivity contribution < 1.29 is 37.3 Å². The molecule has 3 unspecified atom stereocenters. The number of ether oxygens (including phenoxy) is 1. The molecule has 0 aromatic rings. The Bertz CT molecular complexity index is 1560. The van der Waals surface area contributed by atoms with Gasteiger partial charge in [-0.1, -0.05) is 301 Å². The number of nitrogens with one attached hydrogen (secondary N) is 1. The number of hydrogen-bond donors (Lipinski definition) is 2. The molecule has 9 nitrogen and oxygen atoms in total. The Morgan fingerprint density at radius 3 is 1.12 bits per heavy atom. The van der Waals surface area contributed by atoms with Gasteiger partial charge in [-0.05, 0) is 89.5 Å². The minimum absolute atomic E-state index is 0.0416. The SMILES string of the molecule is CCCCC/C=C\C/C=C\CCCCCCCCCCCCCCCCCCCC(=O)OC(/C=C\CCCCCCCCCCC)C(COP(=O)(O)OCC[N+](C)(C)C)NC(=O)CCCCCCCCCCC/C=C/CCCCCCCC. The molecule has 0 fully saturated rings. The summed E-state index contributed by atoms with van der Waals surface area (Å²) in [5, 5.41) is 3.07. The molecular weight excluding hydrogens is 1050 g/mol. The van der Waals surface area contributed by atoms with Crippen LogP contribution >= 0.6 is 7.82 Å². The fourth-order valence-electron chi connectivity index (χ4n) is 10.7. The largest absolute Gasteiger partial charge is 0.472 e. The van der Waals surface area contributed by atoms with Gasteiger partial charge in [0.15, 0.2) is 0 Å². The van der Waals surface area contributed by atoms with E-state index in [-0.39, 0.29) is 25.1 Å². The smallest absolute Gasteiger partial charge is 0.456 e. The number of likely N-dealkylation sites (N-methyl/N-ethyl adjacent to an activating group) is 1. The Kier molecular flexibility index (Phi) is 61.5. The van der Waals surface area contributed by atoms with Crippen molar-refractivity contribution in [2.45, 2.75) is 367 Å². The molecule has 2 N–H and O–H groups in total. The van der Waals surface area contributed by atoms with Crippen LogP contribution in [0.2, 0.25) is 0 Å². The average Bonchev–Trinajstić information content (AvgIpc) is 3.51. The minimum Gasteiger partial charge on any atom is -0.456 e. The van der Waals surface area contributed by atoms with Crippen molar-refractivity contribution in [2.75, 3.05) is 40.9 Å². The third-order valence-corrected chi connectivity index (χ3v) is 17.2. The molecule has 83 heavy (non-hydrogen) atoms. The zero-order valence-electron chi connectivity index (χ0n) is 56.0. The second-order valence-corrected chi connectivity index (χ2v) is 27.2. The molecule has 0 radical (unpaired) electrons. The molecule has 0 spiro atoms. The lowest BCUT2D eigenvalue weighted by atomic mass is 10.0. The highest BCUT2D eigenvalue weighted by atomic mass is 31.2. The molecule has 10 heteroatoms. The van der Waals surface area contributed by atoms with Crippen LogP contribution < -0.4 is 5.32 Å². The minimum atomic E-state index is -4.45. The summed E-state index contributed by atoms with van der Waals surface area (Å²) in [5.74, 6) is -0.492. The third kappa shape index (κ3) is 64.3. The fourth-order valence-corrected chi connectivity index (χ4v) is 11.4. The fraction of sp³-hybridized carbons (Fsp3) is 0.863. The lowest BCUT2D eigenvalue weighted by Gasteiger charge is -2.27. The number of hydrogen-bond acceptors (Lipinski definition) is 6. The number of unbranched alkanes of at least 4 members (excludes halogenated alkanes) is 44. The van der Waals surface area contributed by atoms with Gasteiger partial charge in [0.1, 0.15) is 19.3 Å². The summed E-state index contributed by atoms with van der Waals surface area (Å²) in [4.78, 5) is 37.9. The van der Waals surface area contributed by atoms with Gasteiger partial charge in [-0.2, -0.15) is 0 Å². The van der Waals surface area contributed by atoms with Crippen molar-refractivity contribution in [1.82, 2.24) is 5.32 Å². The van der Waals surface area contributed by atoms with Crippen LogP contribution in [0.15, 0.2) is 48.6 Å². The average molecular weight is 1190 g/mol. The Morgan fingerprint density at radius 1 is 0.422 bits per heavy atom. The number of phosphoric ester groups is 1. The van der Waals surface area contributed by atoms with E-state index in [2.05, 4.69) is 62.5 Å². The highest BCUT2D eigenvalue weighted by molar-refractivity contribution is 7.47. The van der Waals surface area contributed by atoms with Crippen molar-refractivity contribution in [2.24, 2.45) is 0 Å². The Hall–Kier alpha value is -2.03. The maximum Gasteiger partial charge on any atom is 0.472 e. The van der Waals surface area contributed by atoms with E-state index in [4.69, 9.17) is 13.8 Å². The second-order valence-electron chi connectivity index (χ2n) is 25.8. The lowest BCUT2D eigenvalue weighted by Crippen LogP contribution is -2.47. The van der Waals surface area contributed by atoms with E-state index >= 15 is 0 Å². The molecule has 0 aromatic carbocycles. The lowest BCUT2D eigenvalue weighted by molar-refractivity contribution is -0.870. The monoisotopic (exact) mass is 1190 g/mol. The van der Waals surface area contributed by atoms with Crippen molar-refractivity contribution in [3.63, 3.8) is 0 Å². The molecule has 0 rings (SSSR count). The van der Waals surface area contributed by atoms with Crippen molar-refractivity contribution >= 4 is 19.7 Å². The van der Waals surface area contributed by atoms with Crippen LogP contribution in [-0.4, -0.2) is 74.3 Å². The van der Waals surface area contributed by atoms with Gasteiger partial charge in [0.05, 0.1) is 33.8 Å². The zero-order chi connectivity index (χ0) is 60.7. The zero-order valence-corrected chi connectivity index (χ0v) is 56.8. The number of amides is 1. The van der Waals surface area contributed by atoms with Gasteiger partial charge < -0.3 is 19.4 Å². The molecule has 488 valence electrons. The van der Waals surface area contributed by atoms with Crippen LogP contribution in [0.25, 0.3) is 0 Å². The summed E-state index contributed by atoms with van der Waals surface area (Å²) < 4.78 is 30.8. The molecule has 0 aliphatic carbocycles. The second kappa shape index (κ2) is 63.0.